The van der Waals surface area contributed by atoms with Gasteiger partial charge in [-0.2, -0.15) is 0 Å². The molecule has 0 spiro atoms. The summed E-state index contributed by atoms with van der Waals surface area (Å²) in [6.07, 6.45) is 1.43. The molecule has 196 valence electrons. The lowest BCUT2D eigenvalue weighted by molar-refractivity contribution is -0.161. The van der Waals surface area contributed by atoms with Crippen LogP contribution in [0.4, 0.5) is 14.9 Å². The SMILES string of the molecule is CC1(C)OC(=O)[C@@H](CC(=O)N2CC=C(c3ccc(N4C[C@H](COc5ccon5)OC4=O)cc3F)CC2)O1. The molecule has 11 nitrogen and oxygen atoms in total. The molecule has 2 fully saturated rings. The molecule has 12 heteroatoms. The van der Waals surface area contributed by atoms with Gasteiger partial charge in [-0.1, -0.05) is 6.08 Å². The Bertz CT molecular complexity index is 1230. The monoisotopic (exact) mass is 515 g/mol. The van der Waals surface area contributed by atoms with Gasteiger partial charge in [-0.3, -0.25) is 9.69 Å². The van der Waals surface area contributed by atoms with E-state index in [0.29, 0.717) is 24.2 Å². The predicted octanol–water partition coefficient (Wildman–Crippen LogP) is 2.90. The lowest BCUT2D eigenvalue weighted by atomic mass is 9.98. The van der Waals surface area contributed by atoms with Crippen LogP contribution in [0.3, 0.4) is 0 Å². The number of halogens is 1. The summed E-state index contributed by atoms with van der Waals surface area (Å²) in [6, 6.07) is 6.10. The third-order valence-electron chi connectivity index (χ3n) is 6.27. The van der Waals surface area contributed by atoms with E-state index < -0.39 is 35.9 Å². The predicted molar refractivity (Wildman–Crippen MR) is 125 cm³/mol. The quantitative estimate of drug-likeness (QED) is 0.513. The van der Waals surface area contributed by atoms with E-state index >= 15 is 4.39 Å². The van der Waals surface area contributed by atoms with Gasteiger partial charge in [0.1, 0.15) is 18.7 Å². The van der Waals surface area contributed by atoms with Crippen molar-refractivity contribution < 1.29 is 42.2 Å². The largest absolute Gasteiger partial charge is 0.471 e. The molecule has 1 aromatic carbocycles. The van der Waals surface area contributed by atoms with Crippen molar-refractivity contribution >= 4 is 29.2 Å². The Balaban J connectivity index is 1.18. The van der Waals surface area contributed by atoms with Crippen LogP contribution in [0, 0.1) is 5.82 Å². The third-order valence-corrected chi connectivity index (χ3v) is 6.27. The van der Waals surface area contributed by atoms with Gasteiger partial charge < -0.3 is 28.4 Å². The molecule has 2 aromatic rings. The molecule has 2 atom stereocenters. The zero-order valence-electron chi connectivity index (χ0n) is 20.3. The number of aromatic nitrogens is 1. The van der Waals surface area contributed by atoms with Crippen molar-refractivity contribution in [3.8, 4) is 5.88 Å². The van der Waals surface area contributed by atoms with Crippen LogP contribution < -0.4 is 9.64 Å². The van der Waals surface area contributed by atoms with E-state index in [1.54, 1.807) is 37.0 Å². The number of carbonyl (C=O) groups excluding carboxylic acids is 3. The van der Waals surface area contributed by atoms with Gasteiger partial charge in [-0.05, 0) is 35.3 Å². The molecule has 0 radical (unpaired) electrons. The first-order valence-corrected chi connectivity index (χ1v) is 11.9. The maximum Gasteiger partial charge on any atom is 0.414 e. The number of amides is 2. The summed E-state index contributed by atoms with van der Waals surface area (Å²) in [5.74, 6) is -2.03. The standard InChI is InChI=1S/C25H26FN3O8/c1-25(2)36-20(23(31)37-25)12-22(30)28-8-5-15(6-9-28)18-4-3-16(11-19(18)26)29-13-17(35-24(29)32)14-33-21-7-10-34-27-21/h3-5,7,10-11,17,20H,6,8-9,12-14H2,1-2H3/t17-,20-/m1/s1. The van der Waals surface area contributed by atoms with Gasteiger partial charge in [0.25, 0.3) is 5.88 Å². The fourth-order valence-corrected chi connectivity index (χ4v) is 4.48. The molecule has 5 rings (SSSR count). The minimum Gasteiger partial charge on any atom is -0.471 e. The fraction of sp³-hybridized carbons (Fsp3) is 0.440. The summed E-state index contributed by atoms with van der Waals surface area (Å²) in [4.78, 5) is 39.8. The molecule has 0 unspecified atom stereocenters. The number of rotatable bonds is 7. The van der Waals surface area contributed by atoms with Crippen molar-refractivity contribution in [3.63, 3.8) is 0 Å². The zero-order valence-corrected chi connectivity index (χ0v) is 20.3. The molecule has 4 heterocycles. The van der Waals surface area contributed by atoms with Crippen molar-refractivity contribution in [3.05, 3.63) is 48.0 Å². The average Bonchev–Trinajstić information content (AvgIpc) is 3.57. The van der Waals surface area contributed by atoms with Gasteiger partial charge in [-0.25, -0.2) is 14.0 Å². The van der Waals surface area contributed by atoms with Gasteiger partial charge in [0.15, 0.2) is 12.2 Å². The molecule has 0 saturated carbocycles. The van der Waals surface area contributed by atoms with Crippen LogP contribution in [0.5, 0.6) is 5.88 Å². The molecule has 3 aliphatic heterocycles. The highest BCUT2D eigenvalue weighted by Gasteiger charge is 2.42. The summed E-state index contributed by atoms with van der Waals surface area (Å²) < 4.78 is 41.1. The van der Waals surface area contributed by atoms with Gasteiger partial charge in [0.05, 0.1) is 18.7 Å². The summed E-state index contributed by atoms with van der Waals surface area (Å²) in [7, 11) is 0. The Morgan fingerprint density at radius 2 is 2.11 bits per heavy atom. The van der Waals surface area contributed by atoms with E-state index in [1.807, 2.05) is 0 Å². The van der Waals surface area contributed by atoms with Crippen molar-refractivity contribution in [2.24, 2.45) is 0 Å². The number of anilines is 1. The molecule has 0 N–H and O–H groups in total. The number of hydrogen-bond acceptors (Lipinski definition) is 9. The smallest absolute Gasteiger partial charge is 0.414 e. The number of ether oxygens (including phenoxy) is 4. The Hall–Kier alpha value is -3.93. The normalized spacial score (nSPS) is 23.1. The second-order valence-electron chi connectivity index (χ2n) is 9.38. The van der Waals surface area contributed by atoms with Crippen molar-refractivity contribution in [1.29, 1.82) is 0 Å². The minimum absolute atomic E-state index is 0.0866. The number of nitrogens with zero attached hydrogens (tertiary/aromatic N) is 3. The van der Waals surface area contributed by atoms with E-state index in [0.717, 1.165) is 5.57 Å². The van der Waals surface area contributed by atoms with Crippen LogP contribution in [0.15, 0.2) is 41.1 Å². The number of esters is 1. The Kier molecular flexibility index (Phi) is 6.59. The molecule has 0 bridgehead atoms. The van der Waals surface area contributed by atoms with Gasteiger partial charge in [0.2, 0.25) is 11.7 Å². The Labute approximate surface area is 211 Å². The topological polar surface area (TPSA) is 121 Å². The number of cyclic esters (lactones) is 2. The first-order valence-electron chi connectivity index (χ1n) is 11.9. The first kappa shape index (κ1) is 24.8. The highest BCUT2D eigenvalue weighted by atomic mass is 19.1. The van der Waals surface area contributed by atoms with Gasteiger partial charge in [-0.15, -0.1) is 0 Å². The highest BCUT2D eigenvalue weighted by molar-refractivity contribution is 5.90. The van der Waals surface area contributed by atoms with Gasteiger partial charge >= 0.3 is 12.1 Å². The van der Waals surface area contributed by atoms with Crippen LogP contribution in [-0.4, -0.2) is 72.3 Å². The van der Waals surface area contributed by atoms with Crippen molar-refractivity contribution in [2.45, 2.75) is 44.7 Å². The second kappa shape index (κ2) is 9.85. The Morgan fingerprint density at radius 1 is 1.27 bits per heavy atom. The summed E-state index contributed by atoms with van der Waals surface area (Å²) in [5, 5.41) is 3.63. The van der Waals surface area contributed by atoms with E-state index in [4.69, 9.17) is 18.9 Å². The maximum absolute atomic E-state index is 15.1. The fourth-order valence-electron chi connectivity index (χ4n) is 4.48. The lowest BCUT2D eigenvalue weighted by Crippen LogP contribution is -2.37. The second-order valence-corrected chi connectivity index (χ2v) is 9.38. The molecule has 37 heavy (non-hydrogen) atoms. The zero-order chi connectivity index (χ0) is 26.2. The summed E-state index contributed by atoms with van der Waals surface area (Å²) in [6.45, 7) is 4.18. The van der Waals surface area contributed by atoms with Crippen LogP contribution in [-0.2, 0) is 23.8 Å². The number of hydrogen-bond donors (Lipinski definition) is 0. The van der Waals surface area contributed by atoms with Crippen LogP contribution >= 0.6 is 0 Å². The van der Waals surface area contributed by atoms with Crippen LogP contribution in [0.2, 0.25) is 0 Å². The summed E-state index contributed by atoms with van der Waals surface area (Å²) >= 11 is 0. The Morgan fingerprint density at radius 3 is 2.76 bits per heavy atom. The van der Waals surface area contributed by atoms with Crippen LogP contribution in [0.1, 0.15) is 32.3 Å². The highest BCUT2D eigenvalue weighted by Crippen LogP contribution is 2.31. The minimum atomic E-state index is -1.04. The molecule has 3 aliphatic rings. The molecule has 0 aliphatic carbocycles. The van der Waals surface area contributed by atoms with E-state index in [1.165, 1.54) is 23.3 Å². The molecular weight excluding hydrogens is 489 g/mol. The van der Waals surface area contributed by atoms with E-state index in [-0.39, 0.29) is 37.9 Å². The van der Waals surface area contributed by atoms with E-state index in [2.05, 4.69) is 9.68 Å². The molecule has 1 aromatic heterocycles. The number of carbonyl (C=O) groups is 3. The van der Waals surface area contributed by atoms with Crippen LogP contribution in [0.25, 0.3) is 5.57 Å². The summed E-state index contributed by atoms with van der Waals surface area (Å²) in [5.41, 5.74) is 1.53. The van der Waals surface area contributed by atoms with Gasteiger partial charge in [0, 0.05) is 38.6 Å². The molecule has 2 saturated heterocycles. The number of benzene rings is 1. The molecular formula is C25H26FN3O8. The molecule has 2 amide bonds. The third kappa shape index (κ3) is 5.43. The van der Waals surface area contributed by atoms with Crippen molar-refractivity contribution in [2.75, 3.05) is 31.1 Å². The van der Waals surface area contributed by atoms with Crippen molar-refractivity contribution in [1.82, 2.24) is 10.1 Å². The average molecular weight is 515 g/mol. The first-order chi connectivity index (χ1) is 17.7. The maximum atomic E-state index is 15.1. The lowest BCUT2D eigenvalue weighted by Gasteiger charge is -2.27. The van der Waals surface area contributed by atoms with E-state index in [9.17, 15) is 14.4 Å².